The monoisotopic (exact) mass is 376 g/mol. The minimum Gasteiger partial charge on any atom is -0.398 e. The Hall–Kier alpha value is -2.72. The van der Waals surface area contributed by atoms with E-state index in [1.54, 1.807) is 0 Å². The Morgan fingerprint density at radius 2 is 1.61 bits per heavy atom. The highest BCUT2D eigenvalue weighted by Crippen LogP contribution is 2.26. The first-order valence-electron chi connectivity index (χ1n) is 9.91. The van der Waals surface area contributed by atoms with Crippen LogP contribution in [-0.2, 0) is 12.8 Å². The van der Waals surface area contributed by atoms with Gasteiger partial charge in [0, 0.05) is 11.6 Å². The third-order valence-electron chi connectivity index (χ3n) is 5.10. The number of nitrogen functional groups attached to an aromatic ring is 1. The fourth-order valence-electron chi connectivity index (χ4n) is 2.97. The molecule has 3 rings (SSSR count). The lowest BCUT2D eigenvalue weighted by molar-refractivity contribution is 0.417. The summed E-state index contributed by atoms with van der Waals surface area (Å²) in [5.74, 6) is 0.153. The second kappa shape index (κ2) is 10.00. The van der Waals surface area contributed by atoms with Crippen LogP contribution in [0.15, 0.2) is 77.0 Å². The fourth-order valence-corrected chi connectivity index (χ4v) is 2.97. The van der Waals surface area contributed by atoms with E-state index in [4.69, 9.17) is 11.5 Å². The number of aryl methyl sites for hydroxylation is 3. The molecule has 0 aromatic heterocycles. The maximum Gasteiger partial charge on any atom is 0.154 e. The van der Waals surface area contributed by atoms with Gasteiger partial charge < -0.3 is 11.5 Å². The summed E-state index contributed by atoms with van der Waals surface area (Å²) in [5, 5.41) is 8.56. The standard InChI is InChI=1S/C14H17N3.C10H15N/c1-11-7-3-4-9-13(11)16-17-14(15)10-6-5-8-12(14)2;1-3-8-6-5-7-9(4-2)10(8)11/h3-10,12H,15H2,1-2H3;5-7H,3-4,11H2,1-2H3. The summed E-state index contributed by atoms with van der Waals surface area (Å²) in [6, 6.07) is 14.1. The van der Waals surface area contributed by atoms with Gasteiger partial charge in [0.15, 0.2) is 5.66 Å². The van der Waals surface area contributed by atoms with Crippen molar-refractivity contribution < 1.29 is 0 Å². The number of para-hydroxylation sites is 1. The maximum absolute atomic E-state index is 6.20. The Morgan fingerprint density at radius 1 is 0.964 bits per heavy atom. The molecule has 148 valence electrons. The van der Waals surface area contributed by atoms with E-state index in [9.17, 15) is 0 Å². The zero-order valence-corrected chi connectivity index (χ0v) is 17.4. The lowest BCUT2D eigenvalue weighted by Gasteiger charge is -2.26. The van der Waals surface area contributed by atoms with E-state index in [1.807, 2.05) is 62.4 Å². The quantitative estimate of drug-likeness (QED) is 0.515. The van der Waals surface area contributed by atoms with E-state index in [2.05, 4.69) is 42.3 Å². The summed E-state index contributed by atoms with van der Waals surface area (Å²) in [4.78, 5) is 0. The summed E-state index contributed by atoms with van der Waals surface area (Å²) >= 11 is 0. The number of azo groups is 1. The number of rotatable bonds is 4. The molecule has 0 saturated carbocycles. The molecule has 0 amide bonds. The molecule has 0 bridgehead atoms. The van der Waals surface area contributed by atoms with Crippen molar-refractivity contribution in [2.45, 2.75) is 46.2 Å². The highest BCUT2D eigenvalue weighted by atomic mass is 15.2. The third-order valence-corrected chi connectivity index (χ3v) is 5.10. The topological polar surface area (TPSA) is 76.8 Å². The van der Waals surface area contributed by atoms with Crippen LogP contribution in [0.5, 0.6) is 0 Å². The lowest BCUT2D eigenvalue weighted by Crippen LogP contribution is -2.42. The number of allylic oxidation sites excluding steroid dienone is 2. The van der Waals surface area contributed by atoms with Crippen molar-refractivity contribution in [1.29, 1.82) is 0 Å². The van der Waals surface area contributed by atoms with Gasteiger partial charge in [-0.2, -0.15) is 10.2 Å². The molecule has 1 aliphatic carbocycles. The van der Waals surface area contributed by atoms with E-state index in [1.165, 1.54) is 11.1 Å². The van der Waals surface area contributed by atoms with Crippen LogP contribution in [0.2, 0.25) is 0 Å². The van der Waals surface area contributed by atoms with Crippen molar-refractivity contribution in [1.82, 2.24) is 0 Å². The van der Waals surface area contributed by atoms with Gasteiger partial charge in [-0.3, -0.25) is 0 Å². The number of nitrogens with two attached hydrogens (primary N) is 2. The van der Waals surface area contributed by atoms with E-state index in [-0.39, 0.29) is 5.92 Å². The second-order valence-electron chi connectivity index (χ2n) is 7.10. The van der Waals surface area contributed by atoms with E-state index < -0.39 is 5.66 Å². The first-order chi connectivity index (χ1) is 13.4. The van der Waals surface area contributed by atoms with Gasteiger partial charge in [-0.15, -0.1) is 0 Å². The summed E-state index contributed by atoms with van der Waals surface area (Å²) < 4.78 is 0. The fraction of sp³-hybridized carbons (Fsp3) is 0.333. The lowest BCUT2D eigenvalue weighted by atomic mass is 9.92. The predicted octanol–water partition coefficient (Wildman–Crippen LogP) is 5.89. The normalized spacial score (nSPS) is 20.8. The molecular formula is C24H32N4. The van der Waals surface area contributed by atoms with Gasteiger partial charge >= 0.3 is 0 Å². The highest BCUT2D eigenvalue weighted by molar-refractivity contribution is 5.53. The van der Waals surface area contributed by atoms with Crippen molar-refractivity contribution >= 4 is 11.4 Å². The van der Waals surface area contributed by atoms with Crippen LogP contribution in [-0.4, -0.2) is 5.66 Å². The number of anilines is 1. The molecule has 2 unspecified atom stereocenters. The van der Waals surface area contributed by atoms with Gasteiger partial charge in [-0.05, 0) is 48.6 Å². The van der Waals surface area contributed by atoms with Crippen molar-refractivity contribution in [3.63, 3.8) is 0 Å². The number of hydrogen-bond acceptors (Lipinski definition) is 4. The Bertz CT molecular complexity index is 844. The van der Waals surface area contributed by atoms with Gasteiger partial charge in [0.25, 0.3) is 0 Å². The van der Waals surface area contributed by atoms with Crippen LogP contribution in [0, 0.1) is 12.8 Å². The molecule has 0 fully saturated rings. The van der Waals surface area contributed by atoms with Crippen LogP contribution >= 0.6 is 0 Å². The first kappa shape index (κ1) is 21.6. The molecule has 1 aliphatic rings. The Morgan fingerprint density at radius 3 is 2.18 bits per heavy atom. The third kappa shape index (κ3) is 5.40. The summed E-state index contributed by atoms with van der Waals surface area (Å²) in [7, 11) is 0. The number of nitrogens with zero attached hydrogens (tertiary/aromatic N) is 2. The molecule has 2 aromatic rings. The van der Waals surface area contributed by atoms with Crippen molar-refractivity contribution in [3.8, 4) is 0 Å². The minimum absolute atomic E-state index is 0.153. The average Bonchev–Trinajstić information content (AvgIpc) is 2.70. The average molecular weight is 377 g/mol. The molecule has 0 heterocycles. The molecule has 4 N–H and O–H groups in total. The van der Waals surface area contributed by atoms with Gasteiger partial charge in [-0.1, -0.05) is 75.4 Å². The van der Waals surface area contributed by atoms with E-state index in [0.29, 0.717) is 0 Å². The molecule has 0 saturated heterocycles. The summed E-state index contributed by atoms with van der Waals surface area (Å²) in [6.07, 6.45) is 9.88. The van der Waals surface area contributed by atoms with Gasteiger partial charge in [0.05, 0.1) is 5.69 Å². The molecule has 2 atom stereocenters. The molecule has 4 nitrogen and oxygen atoms in total. The SMILES string of the molecule is CCc1cccc(CC)c1N.Cc1ccccc1N=NC1(N)C=CC=CC1C. The maximum atomic E-state index is 6.20. The zero-order chi connectivity index (χ0) is 20.6. The van der Waals surface area contributed by atoms with Crippen molar-refractivity contribution in [2.24, 2.45) is 21.9 Å². The Kier molecular flexibility index (Phi) is 7.70. The first-order valence-corrected chi connectivity index (χ1v) is 9.91. The molecular weight excluding hydrogens is 344 g/mol. The second-order valence-corrected chi connectivity index (χ2v) is 7.10. The Labute approximate surface area is 169 Å². The van der Waals surface area contributed by atoms with E-state index in [0.717, 1.165) is 29.8 Å². The Balaban J connectivity index is 0.000000221. The smallest absolute Gasteiger partial charge is 0.154 e. The highest BCUT2D eigenvalue weighted by Gasteiger charge is 2.28. The van der Waals surface area contributed by atoms with Crippen LogP contribution in [0.1, 0.15) is 37.5 Å². The number of hydrogen-bond donors (Lipinski definition) is 2. The predicted molar refractivity (Wildman–Crippen MR) is 120 cm³/mol. The molecule has 2 aromatic carbocycles. The van der Waals surface area contributed by atoms with E-state index >= 15 is 0 Å². The van der Waals surface area contributed by atoms with Crippen LogP contribution in [0.4, 0.5) is 11.4 Å². The minimum atomic E-state index is -0.725. The van der Waals surface area contributed by atoms with Gasteiger partial charge in [0.1, 0.15) is 0 Å². The van der Waals surface area contributed by atoms with Crippen LogP contribution < -0.4 is 11.5 Å². The van der Waals surface area contributed by atoms with Crippen molar-refractivity contribution in [3.05, 3.63) is 83.5 Å². The molecule has 0 spiro atoms. The number of benzene rings is 2. The summed E-state index contributed by atoms with van der Waals surface area (Å²) in [5.41, 5.74) is 16.9. The van der Waals surface area contributed by atoms with Gasteiger partial charge in [0.2, 0.25) is 0 Å². The zero-order valence-electron chi connectivity index (χ0n) is 17.4. The summed E-state index contributed by atoms with van der Waals surface area (Å²) in [6.45, 7) is 8.31. The molecule has 0 radical (unpaired) electrons. The molecule has 0 aliphatic heterocycles. The van der Waals surface area contributed by atoms with Crippen LogP contribution in [0.3, 0.4) is 0 Å². The van der Waals surface area contributed by atoms with Crippen LogP contribution in [0.25, 0.3) is 0 Å². The van der Waals surface area contributed by atoms with Gasteiger partial charge in [-0.25, -0.2) is 0 Å². The molecule has 28 heavy (non-hydrogen) atoms. The largest absolute Gasteiger partial charge is 0.398 e. The van der Waals surface area contributed by atoms with Crippen molar-refractivity contribution in [2.75, 3.05) is 5.73 Å². The molecule has 4 heteroatoms.